The van der Waals surface area contributed by atoms with Crippen molar-refractivity contribution in [2.24, 2.45) is 0 Å². The summed E-state index contributed by atoms with van der Waals surface area (Å²) in [6.45, 7) is 0. The average Bonchev–Trinajstić information content (AvgIpc) is 2.85. The molecule has 4 nitrogen and oxygen atoms in total. The topological polar surface area (TPSA) is 71.4 Å². The number of hydrogen-bond acceptors (Lipinski definition) is 3. The van der Waals surface area contributed by atoms with E-state index in [-0.39, 0.29) is 11.8 Å². The monoisotopic (exact) mass is 496 g/mol. The van der Waals surface area contributed by atoms with Gasteiger partial charge in [-0.25, -0.2) is 0 Å². The van der Waals surface area contributed by atoms with Crippen LogP contribution in [0.1, 0.15) is 136 Å². The number of carbonyl (C=O) groups is 1. The second kappa shape index (κ2) is 10.7. The Kier molecular flexibility index (Phi) is 8.13. The normalized spacial score (nSPS) is 22.1. The Balaban J connectivity index is 1.82. The van der Waals surface area contributed by atoms with Gasteiger partial charge in [0.05, 0.1) is 0 Å². The fourth-order valence-electron chi connectivity index (χ4n) is 6.58. The number of hydrogen-bond donors (Lipinski definition) is 1. The molecule has 1 aromatic carbocycles. The first-order valence-corrected chi connectivity index (χ1v) is 14.7. The van der Waals surface area contributed by atoms with Crippen molar-refractivity contribution in [3.8, 4) is 0 Å². The number of alkyl halides is 2. The van der Waals surface area contributed by atoms with Crippen LogP contribution in [0, 0.1) is 0 Å². The van der Waals surface area contributed by atoms with Gasteiger partial charge >= 0.3 is 15.4 Å². The molecular weight excluding hydrogens is 458 g/mol. The maximum absolute atomic E-state index is 14.3. The molecule has 0 aliphatic heterocycles. The molecule has 0 bridgehead atoms. The minimum atomic E-state index is -5.81. The summed E-state index contributed by atoms with van der Waals surface area (Å²) in [5, 5.41) is -4.79. The van der Waals surface area contributed by atoms with E-state index in [9.17, 15) is 22.0 Å². The summed E-state index contributed by atoms with van der Waals surface area (Å²) < 4.78 is 60.3. The zero-order valence-electron chi connectivity index (χ0n) is 20.0. The van der Waals surface area contributed by atoms with Gasteiger partial charge in [0.25, 0.3) is 0 Å². The van der Waals surface area contributed by atoms with Gasteiger partial charge in [0, 0.05) is 6.42 Å². The molecule has 34 heavy (non-hydrogen) atoms. The largest absolute Gasteiger partial charge is 0.427 e. The van der Waals surface area contributed by atoms with Crippen LogP contribution in [0.25, 0.3) is 0 Å². The lowest BCUT2D eigenvalue weighted by molar-refractivity contribution is -0.133. The molecule has 1 aromatic rings. The zero-order chi connectivity index (χ0) is 24.3. The van der Waals surface area contributed by atoms with E-state index in [4.69, 9.17) is 4.55 Å². The highest BCUT2D eigenvalue weighted by atomic mass is 32.2. The highest BCUT2D eigenvalue weighted by Crippen LogP contribution is 2.44. The SMILES string of the molecule is O=C(Cc1c(C2CCCCC2)cc(C2CCCCC2)cc1C1CCCCC1)C(F)(F)S(=O)(=O)O. The Morgan fingerprint density at radius 2 is 1.15 bits per heavy atom. The van der Waals surface area contributed by atoms with E-state index < -0.39 is 27.6 Å². The van der Waals surface area contributed by atoms with Crippen molar-refractivity contribution in [1.82, 2.24) is 0 Å². The lowest BCUT2D eigenvalue weighted by Crippen LogP contribution is -2.39. The van der Waals surface area contributed by atoms with Gasteiger partial charge in [-0.15, -0.1) is 0 Å². The summed E-state index contributed by atoms with van der Waals surface area (Å²) in [6.07, 6.45) is 15.7. The van der Waals surface area contributed by atoms with Crippen LogP contribution in [0.15, 0.2) is 12.1 Å². The van der Waals surface area contributed by atoms with E-state index in [0.29, 0.717) is 11.5 Å². The van der Waals surface area contributed by atoms with Crippen LogP contribution < -0.4 is 0 Å². The molecule has 7 heteroatoms. The zero-order valence-corrected chi connectivity index (χ0v) is 20.9. The molecule has 4 rings (SSSR count). The van der Waals surface area contributed by atoms with Crippen molar-refractivity contribution >= 4 is 15.9 Å². The van der Waals surface area contributed by atoms with Gasteiger partial charge in [-0.1, -0.05) is 69.9 Å². The number of carbonyl (C=O) groups excluding carboxylic acids is 1. The number of Topliss-reactive ketones (excluding diaryl/α,β-unsaturated/α-hetero) is 1. The predicted octanol–water partition coefficient (Wildman–Crippen LogP) is 7.42. The second-order valence-electron chi connectivity index (χ2n) is 10.8. The van der Waals surface area contributed by atoms with Gasteiger partial charge in [0.15, 0.2) is 0 Å². The minimum Gasteiger partial charge on any atom is -0.291 e. The van der Waals surface area contributed by atoms with Crippen molar-refractivity contribution in [1.29, 1.82) is 0 Å². The molecule has 0 amide bonds. The Morgan fingerprint density at radius 1 is 0.765 bits per heavy atom. The highest BCUT2D eigenvalue weighted by Gasteiger charge is 2.51. The van der Waals surface area contributed by atoms with Crippen molar-refractivity contribution in [2.75, 3.05) is 0 Å². The van der Waals surface area contributed by atoms with Gasteiger partial charge in [-0.05, 0) is 78.5 Å². The molecule has 3 aliphatic carbocycles. The summed E-state index contributed by atoms with van der Waals surface area (Å²) >= 11 is 0. The van der Waals surface area contributed by atoms with Crippen molar-refractivity contribution in [3.63, 3.8) is 0 Å². The van der Waals surface area contributed by atoms with Gasteiger partial charge in [0.2, 0.25) is 5.78 Å². The molecule has 190 valence electrons. The van der Waals surface area contributed by atoms with Crippen LogP contribution in [0.4, 0.5) is 8.78 Å². The number of ketones is 1. The average molecular weight is 497 g/mol. The summed E-state index contributed by atoms with van der Waals surface area (Å²) in [7, 11) is -5.81. The lowest BCUT2D eigenvalue weighted by Gasteiger charge is -2.32. The molecule has 0 aromatic heterocycles. The molecule has 1 N–H and O–H groups in total. The summed E-state index contributed by atoms with van der Waals surface area (Å²) in [5.74, 6) is -0.847. The van der Waals surface area contributed by atoms with Crippen LogP contribution in [-0.4, -0.2) is 24.0 Å². The van der Waals surface area contributed by atoms with E-state index in [1.54, 1.807) is 0 Å². The predicted molar refractivity (Wildman–Crippen MR) is 129 cm³/mol. The molecule has 0 heterocycles. The molecule has 3 saturated carbocycles. The van der Waals surface area contributed by atoms with Crippen LogP contribution in [0.5, 0.6) is 0 Å². The highest BCUT2D eigenvalue weighted by molar-refractivity contribution is 7.87. The molecule has 0 radical (unpaired) electrons. The molecule has 3 aliphatic rings. The second-order valence-corrected chi connectivity index (χ2v) is 12.2. The van der Waals surface area contributed by atoms with Gasteiger partial charge in [-0.3, -0.25) is 9.35 Å². The number of rotatable bonds is 7. The molecule has 0 saturated heterocycles. The van der Waals surface area contributed by atoms with Crippen LogP contribution >= 0.6 is 0 Å². The summed E-state index contributed by atoms with van der Waals surface area (Å²) in [5.41, 5.74) is 3.87. The van der Waals surface area contributed by atoms with E-state index in [2.05, 4.69) is 12.1 Å². The molecular formula is C27H38F2O4S. The Morgan fingerprint density at radius 3 is 1.53 bits per heavy atom. The van der Waals surface area contributed by atoms with Gasteiger partial charge in [-0.2, -0.15) is 17.2 Å². The number of benzene rings is 1. The standard InChI is InChI=1S/C27H38F2O4S/c28-27(29,34(31,32)33)26(30)18-25-23(20-12-6-2-7-13-20)16-22(19-10-4-1-5-11-19)17-24(25)21-14-8-3-9-15-21/h16-17,19-21H,1-15,18H2,(H,31,32,33). The maximum Gasteiger partial charge on any atom is 0.427 e. The van der Waals surface area contributed by atoms with Crippen molar-refractivity contribution < 1.29 is 26.5 Å². The third-order valence-electron chi connectivity index (χ3n) is 8.49. The first-order valence-electron chi connectivity index (χ1n) is 13.2. The Hall–Kier alpha value is -1.34. The first-order chi connectivity index (χ1) is 16.2. The van der Waals surface area contributed by atoms with Crippen LogP contribution in [-0.2, 0) is 21.3 Å². The van der Waals surface area contributed by atoms with E-state index in [1.807, 2.05) is 0 Å². The third-order valence-corrected chi connectivity index (χ3v) is 9.37. The van der Waals surface area contributed by atoms with E-state index in [0.717, 1.165) is 88.2 Å². The van der Waals surface area contributed by atoms with Gasteiger partial charge < -0.3 is 0 Å². The lowest BCUT2D eigenvalue weighted by atomic mass is 9.72. The van der Waals surface area contributed by atoms with E-state index >= 15 is 0 Å². The third kappa shape index (κ3) is 5.56. The fourth-order valence-corrected chi connectivity index (χ4v) is 6.94. The van der Waals surface area contributed by atoms with Crippen LogP contribution in [0.3, 0.4) is 0 Å². The van der Waals surface area contributed by atoms with Crippen molar-refractivity contribution in [3.05, 3.63) is 34.4 Å². The number of halogens is 2. The first kappa shape index (κ1) is 25.7. The minimum absolute atomic E-state index is 0.210. The smallest absolute Gasteiger partial charge is 0.291 e. The van der Waals surface area contributed by atoms with Crippen molar-refractivity contribution in [2.45, 2.75) is 126 Å². The molecule has 0 spiro atoms. The fraction of sp³-hybridized carbons (Fsp3) is 0.741. The van der Waals surface area contributed by atoms with Gasteiger partial charge in [0.1, 0.15) is 0 Å². The molecule has 0 atom stereocenters. The van der Waals surface area contributed by atoms with Crippen LogP contribution in [0.2, 0.25) is 0 Å². The van der Waals surface area contributed by atoms with E-state index in [1.165, 1.54) is 24.8 Å². The molecule has 3 fully saturated rings. The maximum atomic E-state index is 14.3. The summed E-state index contributed by atoms with van der Waals surface area (Å²) in [6, 6.07) is 4.35. The molecule has 0 unspecified atom stereocenters. The summed E-state index contributed by atoms with van der Waals surface area (Å²) in [4.78, 5) is 12.6. The quantitative estimate of drug-likeness (QED) is 0.399. The Bertz CT molecular complexity index is 931. The Labute approximate surface area is 202 Å².